The van der Waals surface area contributed by atoms with Gasteiger partial charge < -0.3 is 5.32 Å². The molecule has 2 aromatic heterocycles. The Kier molecular flexibility index (Phi) is 2.70. The number of fused-ring (bicyclic) bond motifs is 1. The van der Waals surface area contributed by atoms with E-state index < -0.39 is 0 Å². The molecule has 0 unspecified atom stereocenters. The van der Waals surface area contributed by atoms with E-state index in [0.29, 0.717) is 12.0 Å². The van der Waals surface area contributed by atoms with E-state index in [1.54, 1.807) is 0 Å². The molecule has 1 aliphatic rings. The van der Waals surface area contributed by atoms with Gasteiger partial charge in [0.05, 0.1) is 23.4 Å². The molecule has 0 spiro atoms. The highest BCUT2D eigenvalue weighted by atomic mass is 79.9. The molecule has 5 nitrogen and oxygen atoms in total. The summed E-state index contributed by atoms with van der Waals surface area (Å²) in [6.45, 7) is 0. The third-order valence-electron chi connectivity index (χ3n) is 3.32. The zero-order chi connectivity index (χ0) is 13.5. The lowest BCUT2D eigenvalue weighted by Gasteiger charge is -2.03. The molecule has 100 valence electrons. The Balaban J connectivity index is 1.62. The zero-order valence-electron chi connectivity index (χ0n) is 10.6. The Bertz CT molecular complexity index is 778. The lowest BCUT2D eigenvalue weighted by Crippen LogP contribution is -1.96. The summed E-state index contributed by atoms with van der Waals surface area (Å²) < 4.78 is 3.03. The minimum Gasteiger partial charge on any atom is -0.321 e. The summed E-state index contributed by atoms with van der Waals surface area (Å²) in [6, 6.07) is 6.54. The van der Waals surface area contributed by atoms with Crippen molar-refractivity contribution >= 4 is 38.5 Å². The first-order valence-corrected chi connectivity index (χ1v) is 7.31. The van der Waals surface area contributed by atoms with Crippen molar-refractivity contribution in [1.29, 1.82) is 0 Å². The van der Waals surface area contributed by atoms with Crippen LogP contribution in [-0.2, 0) is 0 Å². The van der Waals surface area contributed by atoms with Crippen LogP contribution in [0.15, 0.2) is 41.3 Å². The maximum atomic E-state index is 4.50. The van der Waals surface area contributed by atoms with Gasteiger partial charge in [0.25, 0.3) is 0 Å². The van der Waals surface area contributed by atoms with E-state index in [9.17, 15) is 0 Å². The molecule has 1 fully saturated rings. The van der Waals surface area contributed by atoms with Gasteiger partial charge in [-0.25, -0.2) is 9.97 Å². The summed E-state index contributed by atoms with van der Waals surface area (Å²) in [5.74, 6) is 0.593. The largest absolute Gasteiger partial charge is 0.321 e. The Morgan fingerprint density at radius 1 is 1.25 bits per heavy atom. The predicted octanol–water partition coefficient (Wildman–Crippen LogP) is 3.67. The van der Waals surface area contributed by atoms with E-state index in [0.717, 1.165) is 21.1 Å². The zero-order valence-corrected chi connectivity index (χ0v) is 12.2. The Morgan fingerprint density at radius 2 is 2.15 bits per heavy atom. The second kappa shape index (κ2) is 4.56. The van der Waals surface area contributed by atoms with Crippen LogP contribution in [0.3, 0.4) is 0 Å². The fourth-order valence-corrected chi connectivity index (χ4v) is 2.51. The summed E-state index contributed by atoms with van der Waals surface area (Å²) in [6.07, 6.45) is 8.09. The highest BCUT2D eigenvalue weighted by Crippen LogP contribution is 2.34. The van der Waals surface area contributed by atoms with E-state index in [2.05, 4.69) is 36.3 Å². The summed E-state index contributed by atoms with van der Waals surface area (Å²) in [5.41, 5.74) is 1.84. The number of hydrogen-bond donors (Lipinski definition) is 1. The molecule has 1 aromatic carbocycles. The van der Waals surface area contributed by atoms with Crippen LogP contribution in [0.1, 0.15) is 18.9 Å². The van der Waals surface area contributed by atoms with Crippen molar-refractivity contribution < 1.29 is 0 Å². The fourth-order valence-electron chi connectivity index (χ4n) is 2.13. The first-order chi connectivity index (χ1) is 9.78. The number of nitrogens with zero attached hydrogens (tertiary/aromatic N) is 4. The SMILES string of the molecule is Brc1ccc2nc(Nc3cnn(C4CC4)c3)ncc2c1. The molecule has 0 bridgehead atoms. The highest BCUT2D eigenvalue weighted by molar-refractivity contribution is 9.10. The maximum absolute atomic E-state index is 4.50. The van der Waals surface area contributed by atoms with Gasteiger partial charge in [-0.2, -0.15) is 5.10 Å². The standard InChI is InChI=1S/C14H12BrN5/c15-10-1-4-13-9(5-10)6-16-14(19-13)18-11-7-17-20(8-11)12-2-3-12/h1,4-8,12H,2-3H2,(H,16,18,19). The molecule has 0 saturated heterocycles. The van der Waals surface area contributed by atoms with Crippen molar-refractivity contribution in [3.8, 4) is 0 Å². The van der Waals surface area contributed by atoms with Gasteiger partial charge in [0.2, 0.25) is 5.95 Å². The Hall–Kier alpha value is -1.95. The van der Waals surface area contributed by atoms with Gasteiger partial charge in [-0.15, -0.1) is 0 Å². The van der Waals surface area contributed by atoms with E-state index >= 15 is 0 Å². The monoisotopic (exact) mass is 329 g/mol. The molecule has 1 aliphatic carbocycles. The number of halogens is 1. The average molecular weight is 330 g/mol. The first kappa shape index (κ1) is 11.8. The van der Waals surface area contributed by atoms with Crippen molar-refractivity contribution in [1.82, 2.24) is 19.7 Å². The molecule has 0 radical (unpaired) electrons. The van der Waals surface area contributed by atoms with Gasteiger partial charge in [-0.3, -0.25) is 4.68 Å². The highest BCUT2D eigenvalue weighted by Gasteiger charge is 2.24. The van der Waals surface area contributed by atoms with E-state index in [-0.39, 0.29) is 0 Å². The van der Waals surface area contributed by atoms with Crippen LogP contribution in [0.5, 0.6) is 0 Å². The molecule has 1 saturated carbocycles. The van der Waals surface area contributed by atoms with Gasteiger partial charge in [-0.1, -0.05) is 15.9 Å². The minimum absolute atomic E-state index is 0.584. The summed E-state index contributed by atoms with van der Waals surface area (Å²) in [4.78, 5) is 8.83. The topological polar surface area (TPSA) is 55.6 Å². The predicted molar refractivity (Wildman–Crippen MR) is 81.0 cm³/mol. The number of nitrogens with one attached hydrogen (secondary N) is 1. The van der Waals surface area contributed by atoms with Crippen LogP contribution in [0, 0.1) is 0 Å². The molecular formula is C14H12BrN5. The van der Waals surface area contributed by atoms with Crippen molar-refractivity contribution in [2.45, 2.75) is 18.9 Å². The third-order valence-corrected chi connectivity index (χ3v) is 3.81. The summed E-state index contributed by atoms with van der Waals surface area (Å²) in [5, 5.41) is 8.55. The van der Waals surface area contributed by atoms with Crippen molar-refractivity contribution in [2.24, 2.45) is 0 Å². The minimum atomic E-state index is 0.584. The lowest BCUT2D eigenvalue weighted by molar-refractivity contribution is 0.642. The van der Waals surface area contributed by atoms with E-state index in [4.69, 9.17) is 0 Å². The van der Waals surface area contributed by atoms with Gasteiger partial charge >= 0.3 is 0 Å². The third kappa shape index (κ3) is 2.27. The number of rotatable bonds is 3. The smallest absolute Gasteiger partial charge is 0.227 e. The Morgan fingerprint density at radius 3 is 3.00 bits per heavy atom. The van der Waals surface area contributed by atoms with Gasteiger partial charge in [0, 0.05) is 22.3 Å². The van der Waals surface area contributed by atoms with Crippen LogP contribution in [-0.4, -0.2) is 19.7 Å². The normalized spacial score (nSPS) is 14.7. The van der Waals surface area contributed by atoms with Crippen molar-refractivity contribution in [3.63, 3.8) is 0 Å². The summed E-state index contributed by atoms with van der Waals surface area (Å²) >= 11 is 3.44. The van der Waals surface area contributed by atoms with Crippen LogP contribution in [0.2, 0.25) is 0 Å². The molecule has 0 amide bonds. The summed E-state index contributed by atoms with van der Waals surface area (Å²) in [7, 11) is 0. The van der Waals surface area contributed by atoms with Gasteiger partial charge in [0.1, 0.15) is 0 Å². The van der Waals surface area contributed by atoms with Gasteiger partial charge in [0.15, 0.2) is 0 Å². The molecular weight excluding hydrogens is 318 g/mol. The number of hydrogen-bond acceptors (Lipinski definition) is 4. The molecule has 3 aromatic rings. The lowest BCUT2D eigenvalue weighted by atomic mass is 10.2. The number of aromatic nitrogens is 4. The second-order valence-electron chi connectivity index (χ2n) is 4.96. The average Bonchev–Trinajstić information content (AvgIpc) is 3.20. The van der Waals surface area contributed by atoms with E-state index in [1.165, 1.54) is 12.8 Å². The molecule has 1 N–H and O–H groups in total. The van der Waals surface area contributed by atoms with E-state index in [1.807, 2.05) is 41.5 Å². The number of benzene rings is 1. The van der Waals surface area contributed by atoms with Crippen LogP contribution < -0.4 is 5.32 Å². The molecule has 6 heteroatoms. The Labute approximate surface area is 124 Å². The van der Waals surface area contributed by atoms with Crippen molar-refractivity contribution in [2.75, 3.05) is 5.32 Å². The quantitative estimate of drug-likeness (QED) is 0.796. The molecule has 0 aliphatic heterocycles. The van der Waals surface area contributed by atoms with Crippen LogP contribution >= 0.6 is 15.9 Å². The second-order valence-corrected chi connectivity index (χ2v) is 5.88. The van der Waals surface area contributed by atoms with Gasteiger partial charge in [-0.05, 0) is 31.0 Å². The first-order valence-electron chi connectivity index (χ1n) is 6.51. The molecule has 0 atom stereocenters. The molecule has 2 heterocycles. The van der Waals surface area contributed by atoms with Crippen molar-refractivity contribution in [3.05, 3.63) is 41.3 Å². The fraction of sp³-hybridized carbons (Fsp3) is 0.214. The number of anilines is 2. The van der Waals surface area contributed by atoms with Crippen LogP contribution in [0.4, 0.5) is 11.6 Å². The molecule has 20 heavy (non-hydrogen) atoms. The molecule has 4 rings (SSSR count). The van der Waals surface area contributed by atoms with Crippen LogP contribution in [0.25, 0.3) is 10.9 Å². The maximum Gasteiger partial charge on any atom is 0.227 e.